The summed E-state index contributed by atoms with van der Waals surface area (Å²) >= 11 is 9.84. The largest absolute Gasteiger partial charge is 0.437 e. The maximum atomic E-state index is 11.5. The molecule has 1 aliphatic rings. The van der Waals surface area contributed by atoms with Crippen LogP contribution in [0.5, 0.6) is 11.6 Å². The Hall–Kier alpha value is -3.35. The minimum absolute atomic E-state index is 0.164. The fraction of sp³-hybridized carbons (Fsp3) is 0.280. The quantitative estimate of drug-likeness (QED) is 0.421. The van der Waals surface area contributed by atoms with Crippen molar-refractivity contribution in [3.8, 4) is 17.7 Å². The van der Waals surface area contributed by atoms with Crippen molar-refractivity contribution in [3.63, 3.8) is 0 Å². The van der Waals surface area contributed by atoms with Gasteiger partial charge in [0.05, 0.1) is 33.0 Å². The van der Waals surface area contributed by atoms with Gasteiger partial charge in [-0.15, -0.1) is 0 Å². The molecule has 3 N–H and O–H groups in total. The van der Waals surface area contributed by atoms with Crippen LogP contribution >= 0.6 is 27.5 Å². The fourth-order valence-electron chi connectivity index (χ4n) is 4.12. The number of nitrogens with two attached hydrogens (primary N) is 1. The number of carbonyl (C=O) groups is 1. The summed E-state index contributed by atoms with van der Waals surface area (Å²) in [6.07, 6.45) is 3.32. The molecular weight excluding hydrogens is 532 g/mol. The molecule has 1 fully saturated rings. The van der Waals surface area contributed by atoms with Gasteiger partial charge >= 0.3 is 0 Å². The van der Waals surface area contributed by atoms with Gasteiger partial charge in [0.25, 0.3) is 0 Å². The Morgan fingerprint density at radius 2 is 1.94 bits per heavy atom. The second-order valence-corrected chi connectivity index (χ2v) is 9.70. The molecule has 2 heterocycles. The van der Waals surface area contributed by atoms with Gasteiger partial charge < -0.3 is 20.7 Å². The molecule has 0 spiro atoms. The van der Waals surface area contributed by atoms with Crippen LogP contribution < -0.4 is 20.7 Å². The first-order valence-electron chi connectivity index (χ1n) is 11.1. The lowest BCUT2D eigenvalue weighted by atomic mass is 10.0. The van der Waals surface area contributed by atoms with Crippen LogP contribution in [0.15, 0.2) is 41.0 Å². The smallest absolute Gasteiger partial charge is 0.248 e. The SMILES string of the molecule is Cc1cc(C#N)cc(C)c1Oc1nc(NC2CCN(c3cc(C(N)=O)ccc3Cl)CC2)ncc1Br. The average molecular weight is 556 g/mol. The number of primary amides is 1. The summed E-state index contributed by atoms with van der Waals surface area (Å²) in [7, 11) is 0. The van der Waals surface area contributed by atoms with Crippen molar-refractivity contribution >= 4 is 45.1 Å². The van der Waals surface area contributed by atoms with Gasteiger partial charge in [-0.25, -0.2) is 4.98 Å². The van der Waals surface area contributed by atoms with Crippen molar-refractivity contribution in [2.75, 3.05) is 23.3 Å². The average Bonchev–Trinajstić information content (AvgIpc) is 2.83. The molecule has 1 aromatic heterocycles. The third-order valence-electron chi connectivity index (χ3n) is 5.90. The van der Waals surface area contributed by atoms with Gasteiger partial charge in [-0.3, -0.25) is 4.79 Å². The molecule has 3 aromatic rings. The number of nitrogens with one attached hydrogen (secondary N) is 1. The van der Waals surface area contributed by atoms with E-state index in [1.807, 2.05) is 13.8 Å². The van der Waals surface area contributed by atoms with E-state index in [0.29, 0.717) is 38.2 Å². The molecule has 0 bridgehead atoms. The van der Waals surface area contributed by atoms with Gasteiger partial charge in [0.2, 0.25) is 17.7 Å². The highest BCUT2D eigenvalue weighted by Gasteiger charge is 2.23. The first-order chi connectivity index (χ1) is 16.7. The molecule has 1 aliphatic heterocycles. The zero-order chi connectivity index (χ0) is 25.1. The molecule has 2 aromatic carbocycles. The summed E-state index contributed by atoms with van der Waals surface area (Å²) in [4.78, 5) is 22.7. The first kappa shape index (κ1) is 24.8. The van der Waals surface area contributed by atoms with E-state index in [2.05, 4.69) is 42.2 Å². The van der Waals surface area contributed by atoms with E-state index >= 15 is 0 Å². The number of amides is 1. The first-order valence-corrected chi connectivity index (χ1v) is 12.2. The summed E-state index contributed by atoms with van der Waals surface area (Å²) in [5.41, 5.74) is 8.97. The van der Waals surface area contributed by atoms with Crippen LogP contribution in [0, 0.1) is 25.2 Å². The predicted molar refractivity (Wildman–Crippen MR) is 139 cm³/mol. The highest BCUT2D eigenvalue weighted by atomic mass is 79.9. The lowest BCUT2D eigenvalue weighted by Gasteiger charge is -2.34. The van der Waals surface area contributed by atoms with Crippen molar-refractivity contribution in [1.82, 2.24) is 9.97 Å². The zero-order valence-corrected chi connectivity index (χ0v) is 21.7. The normalized spacial score (nSPS) is 13.9. The van der Waals surface area contributed by atoms with Crippen LogP contribution in [0.2, 0.25) is 5.02 Å². The Balaban J connectivity index is 1.44. The number of nitrogens with zero attached hydrogens (tertiary/aromatic N) is 4. The summed E-state index contributed by atoms with van der Waals surface area (Å²) in [5.74, 6) is 1.05. The van der Waals surface area contributed by atoms with Crippen molar-refractivity contribution in [2.24, 2.45) is 5.73 Å². The molecule has 0 radical (unpaired) electrons. The van der Waals surface area contributed by atoms with Gasteiger partial charge in [-0.05, 0) is 84.1 Å². The third kappa shape index (κ3) is 5.66. The molecular formula is C25H24BrClN6O2. The number of benzene rings is 2. The molecule has 0 saturated carbocycles. The van der Waals surface area contributed by atoms with Gasteiger partial charge in [0.1, 0.15) is 5.75 Å². The van der Waals surface area contributed by atoms with E-state index in [1.165, 1.54) is 0 Å². The van der Waals surface area contributed by atoms with Crippen LogP contribution in [0.1, 0.15) is 39.9 Å². The molecule has 0 atom stereocenters. The highest BCUT2D eigenvalue weighted by molar-refractivity contribution is 9.10. The van der Waals surface area contributed by atoms with Gasteiger partial charge in [0.15, 0.2) is 0 Å². The fourth-order valence-corrected chi connectivity index (χ4v) is 4.63. The molecule has 8 nitrogen and oxygen atoms in total. The summed E-state index contributed by atoms with van der Waals surface area (Å²) < 4.78 is 6.74. The molecule has 4 rings (SSSR count). The second kappa shape index (κ2) is 10.5. The van der Waals surface area contributed by atoms with E-state index in [9.17, 15) is 10.1 Å². The maximum absolute atomic E-state index is 11.5. The van der Waals surface area contributed by atoms with Gasteiger partial charge in [0, 0.05) is 24.7 Å². The monoisotopic (exact) mass is 554 g/mol. The molecule has 0 unspecified atom stereocenters. The summed E-state index contributed by atoms with van der Waals surface area (Å²) in [5, 5.41) is 13.2. The summed E-state index contributed by atoms with van der Waals surface area (Å²) in [6.45, 7) is 5.30. The number of halogens is 2. The number of anilines is 2. The Morgan fingerprint density at radius 3 is 2.57 bits per heavy atom. The van der Waals surface area contributed by atoms with Crippen LogP contribution in [0.3, 0.4) is 0 Å². The maximum Gasteiger partial charge on any atom is 0.248 e. The number of hydrogen-bond donors (Lipinski definition) is 2. The highest BCUT2D eigenvalue weighted by Crippen LogP contribution is 2.34. The lowest BCUT2D eigenvalue weighted by molar-refractivity contribution is 0.100. The lowest BCUT2D eigenvalue weighted by Crippen LogP contribution is -2.39. The molecule has 1 amide bonds. The number of aryl methyl sites for hydroxylation is 2. The molecule has 35 heavy (non-hydrogen) atoms. The number of nitriles is 1. The minimum atomic E-state index is -0.476. The summed E-state index contributed by atoms with van der Waals surface area (Å²) in [6, 6.07) is 11.0. The van der Waals surface area contributed by atoms with E-state index < -0.39 is 5.91 Å². The Kier molecular flexibility index (Phi) is 7.43. The standard InChI is InChI=1S/C25H24BrClN6O2/c1-14-9-16(12-28)10-15(2)22(14)35-24-19(26)13-30-25(32-24)31-18-5-7-33(8-6-18)21-11-17(23(29)34)3-4-20(21)27/h3-4,9-11,13,18H,5-8H2,1-2H3,(H2,29,34)(H,30,31,32). The van der Waals surface area contributed by atoms with Crippen LogP contribution in [-0.2, 0) is 0 Å². The molecule has 0 aliphatic carbocycles. The number of hydrogen-bond acceptors (Lipinski definition) is 7. The molecule has 1 saturated heterocycles. The van der Waals surface area contributed by atoms with E-state index in [1.54, 1.807) is 36.5 Å². The van der Waals surface area contributed by atoms with E-state index in [-0.39, 0.29) is 6.04 Å². The number of aromatic nitrogens is 2. The zero-order valence-electron chi connectivity index (χ0n) is 19.3. The Bertz CT molecular complexity index is 1290. The van der Waals surface area contributed by atoms with Crippen molar-refractivity contribution in [2.45, 2.75) is 32.7 Å². The van der Waals surface area contributed by atoms with E-state index in [0.717, 1.165) is 42.7 Å². The second-order valence-electron chi connectivity index (χ2n) is 8.44. The Labute approximate surface area is 217 Å². The Morgan fingerprint density at radius 1 is 1.26 bits per heavy atom. The van der Waals surface area contributed by atoms with Gasteiger partial charge in [-0.2, -0.15) is 10.2 Å². The minimum Gasteiger partial charge on any atom is -0.437 e. The number of ether oxygens (including phenoxy) is 1. The van der Waals surface area contributed by atoms with Crippen molar-refractivity contribution in [1.29, 1.82) is 5.26 Å². The van der Waals surface area contributed by atoms with E-state index in [4.69, 9.17) is 22.1 Å². The molecule has 180 valence electrons. The van der Waals surface area contributed by atoms with Crippen LogP contribution in [0.25, 0.3) is 0 Å². The number of carbonyl (C=O) groups excluding carboxylic acids is 1. The molecule has 10 heteroatoms. The number of piperidine rings is 1. The van der Waals surface area contributed by atoms with Crippen LogP contribution in [-0.4, -0.2) is 35.0 Å². The van der Waals surface area contributed by atoms with Crippen molar-refractivity contribution in [3.05, 3.63) is 68.3 Å². The number of rotatable bonds is 6. The predicted octanol–water partition coefficient (Wildman–Crippen LogP) is 5.35. The third-order valence-corrected chi connectivity index (χ3v) is 6.76. The van der Waals surface area contributed by atoms with Gasteiger partial charge in [-0.1, -0.05) is 11.6 Å². The van der Waals surface area contributed by atoms with Crippen LogP contribution in [0.4, 0.5) is 11.6 Å². The van der Waals surface area contributed by atoms with Crippen molar-refractivity contribution < 1.29 is 9.53 Å². The topological polar surface area (TPSA) is 117 Å².